The maximum absolute atomic E-state index is 13.8. The summed E-state index contributed by atoms with van der Waals surface area (Å²) < 4.78 is 1.29. The Morgan fingerprint density at radius 2 is 1.74 bits per heavy atom. The summed E-state index contributed by atoms with van der Waals surface area (Å²) in [5.74, 6) is 5.71. The molecule has 2 heterocycles. The van der Waals surface area contributed by atoms with Crippen molar-refractivity contribution in [3.8, 4) is 11.3 Å². The first-order valence-corrected chi connectivity index (χ1v) is 13.8. The number of nitrogens with zero attached hydrogens (tertiary/aromatic N) is 4. The van der Waals surface area contributed by atoms with Gasteiger partial charge in [0.25, 0.3) is 5.56 Å². The van der Waals surface area contributed by atoms with Crippen LogP contribution in [-0.4, -0.2) is 20.4 Å². The SMILES string of the molecule is N/C(Cl)=C\N(N)c1ccc(Cl)cc1-c1cc(=O)n(C(Cc2ccccc2)C(=O)Nc2ccnc3ccc(Cl)cc23)cn1. The number of benzene rings is 3. The molecule has 0 bridgehead atoms. The molecule has 0 spiro atoms. The van der Waals surface area contributed by atoms with Gasteiger partial charge in [0.05, 0.1) is 35.1 Å². The second kappa shape index (κ2) is 12.6. The van der Waals surface area contributed by atoms with E-state index >= 15 is 0 Å². The summed E-state index contributed by atoms with van der Waals surface area (Å²) in [6, 6.07) is 21.6. The van der Waals surface area contributed by atoms with Crippen LogP contribution in [0.5, 0.6) is 0 Å². The third-order valence-electron chi connectivity index (χ3n) is 6.48. The van der Waals surface area contributed by atoms with E-state index in [1.54, 1.807) is 48.7 Å². The summed E-state index contributed by atoms with van der Waals surface area (Å²) in [7, 11) is 0. The molecule has 0 aliphatic rings. The highest BCUT2D eigenvalue weighted by Gasteiger charge is 2.24. The molecule has 1 amide bonds. The molecule has 5 aromatic rings. The van der Waals surface area contributed by atoms with Crippen molar-refractivity contribution in [2.75, 3.05) is 10.3 Å². The zero-order valence-electron chi connectivity index (χ0n) is 21.9. The van der Waals surface area contributed by atoms with Crippen LogP contribution in [-0.2, 0) is 11.2 Å². The lowest BCUT2D eigenvalue weighted by Gasteiger charge is -2.21. The minimum Gasteiger partial charge on any atom is -0.388 e. The van der Waals surface area contributed by atoms with Crippen LogP contribution in [0.25, 0.3) is 22.2 Å². The van der Waals surface area contributed by atoms with E-state index in [2.05, 4.69) is 15.3 Å². The predicted octanol–water partition coefficient (Wildman–Crippen LogP) is 5.86. The fourth-order valence-corrected chi connectivity index (χ4v) is 4.98. The predicted molar refractivity (Wildman–Crippen MR) is 168 cm³/mol. The summed E-state index contributed by atoms with van der Waals surface area (Å²) in [4.78, 5) is 36.3. The van der Waals surface area contributed by atoms with Gasteiger partial charge in [-0.15, -0.1) is 0 Å². The van der Waals surface area contributed by atoms with Gasteiger partial charge >= 0.3 is 0 Å². The molecule has 0 aliphatic carbocycles. The lowest BCUT2D eigenvalue weighted by molar-refractivity contribution is -0.119. The Hall–Kier alpha value is -4.41. The summed E-state index contributed by atoms with van der Waals surface area (Å²) >= 11 is 18.3. The number of amides is 1. The van der Waals surface area contributed by atoms with E-state index in [0.717, 1.165) is 5.56 Å². The van der Waals surface area contributed by atoms with Gasteiger partial charge in [-0.2, -0.15) is 0 Å². The molecule has 0 saturated carbocycles. The highest BCUT2D eigenvalue weighted by Crippen LogP contribution is 2.32. The van der Waals surface area contributed by atoms with Gasteiger partial charge in [0.1, 0.15) is 11.2 Å². The Labute approximate surface area is 255 Å². The third kappa shape index (κ3) is 6.56. The molecule has 1 atom stereocenters. The number of carbonyl (C=O) groups is 1. The van der Waals surface area contributed by atoms with Crippen molar-refractivity contribution < 1.29 is 4.79 Å². The van der Waals surface area contributed by atoms with Crippen LogP contribution < -0.4 is 27.5 Å². The van der Waals surface area contributed by atoms with Gasteiger partial charge in [0, 0.05) is 39.7 Å². The van der Waals surface area contributed by atoms with Gasteiger partial charge in [0.2, 0.25) is 5.91 Å². The standard InChI is InChI=1S/C30H24Cl3N7O2/c31-19-6-8-23-21(13-19)24(10-11-36-23)38-30(42)27(12-18-4-2-1-3-5-18)39-17-37-25(15-29(39)41)22-14-20(32)7-9-26(22)40(35)16-28(33)34/h1-11,13-17,27H,12,34-35H2,(H,36,38,42)/b28-16-. The Bertz CT molecular complexity index is 1860. The average molecular weight is 621 g/mol. The highest BCUT2D eigenvalue weighted by molar-refractivity contribution is 6.31. The smallest absolute Gasteiger partial charge is 0.254 e. The van der Waals surface area contributed by atoms with Crippen LogP contribution in [0.15, 0.2) is 108 Å². The summed E-state index contributed by atoms with van der Waals surface area (Å²) in [5, 5.41) is 5.70. The van der Waals surface area contributed by atoms with E-state index in [1.165, 1.54) is 28.2 Å². The van der Waals surface area contributed by atoms with Crippen LogP contribution >= 0.6 is 34.8 Å². The number of rotatable bonds is 8. The number of hydrazine groups is 1. The topological polar surface area (TPSA) is 132 Å². The minimum absolute atomic E-state index is 0.0409. The van der Waals surface area contributed by atoms with E-state index in [1.807, 2.05) is 30.3 Å². The molecule has 5 rings (SSSR count). The van der Waals surface area contributed by atoms with Crippen molar-refractivity contribution >= 4 is 63.0 Å². The van der Waals surface area contributed by atoms with Crippen LogP contribution in [0, 0.1) is 0 Å². The van der Waals surface area contributed by atoms with E-state index in [-0.39, 0.29) is 11.6 Å². The fourth-order valence-electron chi connectivity index (χ4n) is 4.53. The van der Waals surface area contributed by atoms with Crippen molar-refractivity contribution in [3.05, 3.63) is 129 Å². The number of nitrogens with two attached hydrogens (primary N) is 2. The second-order valence-corrected chi connectivity index (χ2v) is 10.6. The Kier molecular flexibility index (Phi) is 8.75. The maximum atomic E-state index is 13.8. The Morgan fingerprint density at radius 3 is 2.48 bits per heavy atom. The van der Waals surface area contributed by atoms with E-state index in [0.29, 0.717) is 43.6 Å². The third-order valence-corrected chi connectivity index (χ3v) is 7.05. The molecular weight excluding hydrogens is 597 g/mol. The van der Waals surface area contributed by atoms with Gasteiger partial charge < -0.3 is 11.1 Å². The molecule has 9 nitrogen and oxygen atoms in total. The van der Waals surface area contributed by atoms with Crippen LogP contribution in [0.1, 0.15) is 11.6 Å². The molecule has 0 aliphatic heterocycles. The van der Waals surface area contributed by atoms with Gasteiger partial charge in [-0.1, -0.05) is 65.1 Å². The summed E-state index contributed by atoms with van der Waals surface area (Å²) in [5.41, 5.74) is 8.36. The number of aromatic nitrogens is 3. The van der Waals surface area contributed by atoms with Gasteiger partial charge in [-0.25, -0.2) is 10.8 Å². The van der Waals surface area contributed by atoms with Crippen molar-refractivity contribution in [2.45, 2.75) is 12.5 Å². The van der Waals surface area contributed by atoms with Gasteiger partial charge in [-0.05, 0) is 48.0 Å². The zero-order valence-corrected chi connectivity index (χ0v) is 24.2. The summed E-state index contributed by atoms with van der Waals surface area (Å²) in [6.45, 7) is 0. The van der Waals surface area contributed by atoms with Crippen LogP contribution in [0.3, 0.4) is 0 Å². The first kappa shape index (κ1) is 29.1. The number of nitrogens with one attached hydrogen (secondary N) is 1. The number of carbonyl (C=O) groups excluding carboxylic acids is 1. The van der Waals surface area contributed by atoms with Crippen molar-refractivity contribution in [1.29, 1.82) is 0 Å². The molecule has 12 heteroatoms. The van der Waals surface area contributed by atoms with E-state index in [9.17, 15) is 9.59 Å². The first-order valence-electron chi connectivity index (χ1n) is 12.6. The normalized spacial score (nSPS) is 12.2. The van der Waals surface area contributed by atoms with Gasteiger partial charge in [0.15, 0.2) is 0 Å². The number of hydrogen-bond donors (Lipinski definition) is 3. The highest BCUT2D eigenvalue weighted by atomic mass is 35.5. The van der Waals surface area contributed by atoms with Crippen LogP contribution in [0.4, 0.5) is 11.4 Å². The van der Waals surface area contributed by atoms with E-state index in [4.69, 9.17) is 46.4 Å². The monoisotopic (exact) mass is 619 g/mol. The minimum atomic E-state index is -0.937. The fraction of sp³-hybridized carbons (Fsp3) is 0.0667. The molecule has 0 saturated heterocycles. The molecule has 1 unspecified atom stereocenters. The lowest BCUT2D eigenvalue weighted by Crippen LogP contribution is -2.35. The second-order valence-electron chi connectivity index (χ2n) is 9.32. The van der Waals surface area contributed by atoms with Crippen molar-refractivity contribution in [3.63, 3.8) is 0 Å². The molecule has 5 N–H and O–H groups in total. The maximum Gasteiger partial charge on any atom is 0.254 e. The summed E-state index contributed by atoms with van der Waals surface area (Å²) in [6.07, 6.45) is 4.47. The van der Waals surface area contributed by atoms with Gasteiger partial charge in [-0.3, -0.25) is 24.1 Å². The Morgan fingerprint density at radius 1 is 1.00 bits per heavy atom. The quantitative estimate of drug-likeness (QED) is 0.112. The molecular formula is C30H24Cl3N7O2. The molecule has 2 aromatic heterocycles. The number of anilines is 2. The Balaban J connectivity index is 1.55. The van der Waals surface area contributed by atoms with Crippen molar-refractivity contribution in [1.82, 2.24) is 14.5 Å². The zero-order chi connectivity index (χ0) is 29.8. The number of fused-ring (bicyclic) bond motifs is 1. The number of hydrogen-bond acceptors (Lipinski definition) is 7. The molecule has 42 heavy (non-hydrogen) atoms. The average Bonchev–Trinajstić information content (AvgIpc) is 2.96. The van der Waals surface area contributed by atoms with Crippen LogP contribution in [0.2, 0.25) is 10.0 Å². The molecule has 3 aromatic carbocycles. The largest absolute Gasteiger partial charge is 0.388 e. The molecule has 0 fully saturated rings. The lowest BCUT2D eigenvalue weighted by atomic mass is 10.0. The number of halogens is 3. The molecule has 0 radical (unpaired) electrons. The molecule has 212 valence electrons. The van der Waals surface area contributed by atoms with E-state index < -0.39 is 17.5 Å². The van der Waals surface area contributed by atoms with Crippen molar-refractivity contribution in [2.24, 2.45) is 11.6 Å². The number of pyridine rings is 1. The first-order chi connectivity index (χ1) is 20.2.